The lowest BCUT2D eigenvalue weighted by atomic mass is 10.1. The van der Waals surface area contributed by atoms with Crippen molar-refractivity contribution >= 4 is 9.84 Å². The minimum absolute atomic E-state index is 0.0942. The summed E-state index contributed by atoms with van der Waals surface area (Å²) in [5.74, 6) is 0.120. The first-order valence-electron chi connectivity index (χ1n) is 4.69. The number of hydrogen-bond acceptors (Lipinski definition) is 4. The highest BCUT2D eigenvalue weighted by molar-refractivity contribution is 7.90. The van der Waals surface area contributed by atoms with Gasteiger partial charge in [0, 0.05) is 18.3 Å². The molecule has 5 heteroatoms. The third kappa shape index (κ3) is 6.87. The lowest BCUT2D eigenvalue weighted by Gasteiger charge is -2.19. The van der Waals surface area contributed by atoms with Gasteiger partial charge >= 0.3 is 0 Å². The smallest absolute Gasteiger partial charge is 0.148 e. The highest BCUT2D eigenvalue weighted by Crippen LogP contribution is 1.99. The van der Waals surface area contributed by atoms with Crippen molar-refractivity contribution in [1.82, 2.24) is 5.32 Å². The van der Waals surface area contributed by atoms with Crippen LogP contribution in [-0.4, -0.2) is 32.5 Å². The maximum absolute atomic E-state index is 11.0. The number of rotatable bonds is 6. The molecule has 0 rings (SSSR count). The molecule has 0 heterocycles. The first-order chi connectivity index (χ1) is 6.39. The lowest BCUT2D eigenvalue weighted by Crippen LogP contribution is -2.39. The van der Waals surface area contributed by atoms with Crippen LogP contribution in [0.1, 0.15) is 26.7 Å². The number of hydrogen-bond donors (Lipinski definition) is 1. The molecule has 0 aromatic rings. The van der Waals surface area contributed by atoms with Gasteiger partial charge in [-0.1, -0.05) is 6.92 Å². The second-order valence-corrected chi connectivity index (χ2v) is 5.81. The van der Waals surface area contributed by atoms with Crippen molar-refractivity contribution in [2.75, 3.05) is 12.0 Å². The maximum atomic E-state index is 11.0. The molecule has 0 bridgehead atoms. The van der Waals surface area contributed by atoms with Crippen molar-refractivity contribution in [3.8, 4) is 6.07 Å². The largest absolute Gasteiger partial charge is 0.309 e. The summed E-state index contributed by atoms with van der Waals surface area (Å²) < 4.78 is 21.9. The number of nitrogens with one attached hydrogen (secondary N) is 1. The summed E-state index contributed by atoms with van der Waals surface area (Å²) in [5, 5.41) is 11.6. The first kappa shape index (κ1) is 13.4. The van der Waals surface area contributed by atoms with Crippen molar-refractivity contribution in [2.45, 2.75) is 38.8 Å². The zero-order chi connectivity index (χ0) is 11.2. The third-order valence-corrected chi connectivity index (χ3v) is 3.01. The lowest BCUT2D eigenvalue weighted by molar-refractivity contribution is 0.455. The van der Waals surface area contributed by atoms with E-state index in [4.69, 9.17) is 5.26 Å². The molecule has 4 nitrogen and oxygen atoms in total. The Morgan fingerprint density at radius 2 is 2.07 bits per heavy atom. The van der Waals surface area contributed by atoms with Gasteiger partial charge in [0.2, 0.25) is 0 Å². The van der Waals surface area contributed by atoms with Gasteiger partial charge < -0.3 is 5.32 Å². The molecule has 0 radical (unpaired) electrons. The van der Waals surface area contributed by atoms with Crippen molar-refractivity contribution in [3.63, 3.8) is 0 Å². The Hall–Kier alpha value is -0.600. The normalized spacial score (nSPS) is 15.9. The summed E-state index contributed by atoms with van der Waals surface area (Å²) in [4.78, 5) is 0. The Bertz CT molecular complexity index is 292. The Kier molecular flexibility index (Phi) is 5.73. The van der Waals surface area contributed by atoms with Gasteiger partial charge in [-0.2, -0.15) is 5.26 Å². The summed E-state index contributed by atoms with van der Waals surface area (Å²) in [7, 11) is -2.94. The van der Waals surface area contributed by atoms with Crippen LogP contribution in [0.3, 0.4) is 0 Å². The Labute approximate surface area is 86.2 Å². The van der Waals surface area contributed by atoms with Crippen LogP contribution in [0, 0.1) is 11.3 Å². The van der Waals surface area contributed by atoms with Crippen molar-refractivity contribution in [3.05, 3.63) is 0 Å². The van der Waals surface area contributed by atoms with Gasteiger partial charge in [0.15, 0.2) is 0 Å². The molecule has 0 aliphatic carbocycles. The van der Waals surface area contributed by atoms with Gasteiger partial charge in [0.05, 0.1) is 18.2 Å². The van der Waals surface area contributed by atoms with Gasteiger partial charge in [-0.3, -0.25) is 0 Å². The number of sulfone groups is 1. The molecule has 0 aromatic carbocycles. The molecular formula is C9H18N2O2S. The molecule has 0 saturated heterocycles. The Morgan fingerprint density at radius 1 is 1.50 bits per heavy atom. The van der Waals surface area contributed by atoms with Gasteiger partial charge in [0.1, 0.15) is 9.84 Å². The molecule has 82 valence electrons. The molecule has 0 amide bonds. The summed E-state index contributed by atoms with van der Waals surface area (Å²) in [6.45, 7) is 3.79. The molecular weight excluding hydrogens is 200 g/mol. The summed E-state index contributed by atoms with van der Waals surface area (Å²) in [6.07, 6.45) is 2.47. The molecule has 0 saturated carbocycles. The highest BCUT2D eigenvalue weighted by atomic mass is 32.2. The fourth-order valence-corrected chi connectivity index (χ4v) is 2.34. The molecule has 0 fully saturated rings. The minimum atomic E-state index is -2.94. The summed E-state index contributed by atoms with van der Waals surface area (Å²) in [5.41, 5.74) is 0. The van der Waals surface area contributed by atoms with Crippen molar-refractivity contribution < 1.29 is 8.42 Å². The van der Waals surface area contributed by atoms with Crippen LogP contribution in [0.5, 0.6) is 0 Å². The molecule has 0 aromatic heterocycles. The van der Waals surface area contributed by atoms with Crippen LogP contribution in [0.4, 0.5) is 0 Å². The van der Waals surface area contributed by atoms with E-state index in [1.165, 1.54) is 6.26 Å². The monoisotopic (exact) mass is 218 g/mol. The molecule has 2 unspecified atom stereocenters. The van der Waals surface area contributed by atoms with Crippen LogP contribution >= 0.6 is 0 Å². The van der Waals surface area contributed by atoms with Gasteiger partial charge in [0.25, 0.3) is 0 Å². The minimum Gasteiger partial charge on any atom is -0.309 e. The van der Waals surface area contributed by atoms with E-state index < -0.39 is 9.84 Å². The van der Waals surface area contributed by atoms with E-state index >= 15 is 0 Å². The highest BCUT2D eigenvalue weighted by Gasteiger charge is 2.14. The van der Waals surface area contributed by atoms with E-state index in [-0.39, 0.29) is 17.8 Å². The van der Waals surface area contributed by atoms with Crippen LogP contribution in [0.25, 0.3) is 0 Å². The quantitative estimate of drug-likeness (QED) is 0.712. The molecule has 0 aliphatic heterocycles. The molecule has 14 heavy (non-hydrogen) atoms. The average molecular weight is 218 g/mol. The predicted molar refractivity (Wildman–Crippen MR) is 56.6 cm³/mol. The van der Waals surface area contributed by atoms with E-state index in [0.29, 0.717) is 6.42 Å². The second kappa shape index (κ2) is 5.99. The zero-order valence-electron chi connectivity index (χ0n) is 8.95. The van der Waals surface area contributed by atoms with Gasteiger partial charge in [-0.15, -0.1) is 0 Å². The van der Waals surface area contributed by atoms with Crippen molar-refractivity contribution in [1.29, 1.82) is 5.26 Å². The second-order valence-electron chi connectivity index (χ2n) is 3.63. The van der Waals surface area contributed by atoms with Crippen LogP contribution < -0.4 is 5.32 Å². The zero-order valence-corrected chi connectivity index (χ0v) is 9.76. The average Bonchev–Trinajstić information content (AvgIpc) is 2.00. The molecule has 0 aliphatic rings. The summed E-state index contributed by atoms with van der Waals surface area (Å²) in [6, 6.07) is 2.08. The topological polar surface area (TPSA) is 70.0 Å². The molecule has 0 spiro atoms. The Morgan fingerprint density at radius 3 is 2.43 bits per heavy atom. The Balaban J connectivity index is 4.04. The number of nitriles is 1. The van der Waals surface area contributed by atoms with Crippen LogP contribution in [0.2, 0.25) is 0 Å². The standard InChI is InChI=1S/C9H18N2O2S/c1-4-9(5-6-10)11-8(2)7-14(3,12)13/h8-9,11H,4-5,7H2,1-3H3. The fraction of sp³-hybridized carbons (Fsp3) is 0.889. The van der Waals surface area contributed by atoms with Crippen molar-refractivity contribution in [2.24, 2.45) is 0 Å². The van der Waals surface area contributed by atoms with Crippen LogP contribution in [-0.2, 0) is 9.84 Å². The number of nitrogens with zero attached hydrogens (tertiary/aromatic N) is 1. The van der Waals surface area contributed by atoms with E-state index in [2.05, 4.69) is 11.4 Å². The molecule has 2 atom stereocenters. The third-order valence-electron chi connectivity index (χ3n) is 1.90. The first-order valence-corrected chi connectivity index (χ1v) is 6.75. The summed E-state index contributed by atoms with van der Waals surface area (Å²) >= 11 is 0. The van der Waals surface area contributed by atoms with E-state index in [9.17, 15) is 8.42 Å². The SMILES string of the molecule is CCC(CC#N)NC(C)CS(C)(=O)=O. The van der Waals surface area contributed by atoms with E-state index in [0.717, 1.165) is 6.42 Å². The van der Waals surface area contributed by atoms with Gasteiger partial charge in [-0.25, -0.2) is 8.42 Å². The van der Waals surface area contributed by atoms with Crippen LogP contribution in [0.15, 0.2) is 0 Å². The van der Waals surface area contributed by atoms with Gasteiger partial charge in [-0.05, 0) is 13.3 Å². The molecule has 1 N–H and O–H groups in total. The fourth-order valence-electron chi connectivity index (χ4n) is 1.34. The van der Waals surface area contributed by atoms with E-state index in [1.807, 2.05) is 13.8 Å². The maximum Gasteiger partial charge on any atom is 0.148 e. The predicted octanol–water partition coefficient (Wildman–Crippen LogP) is 0.701. The van der Waals surface area contributed by atoms with E-state index in [1.54, 1.807) is 0 Å².